The molecule has 0 aliphatic rings. The van der Waals surface area contributed by atoms with E-state index in [-0.39, 0.29) is 5.56 Å². The third-order valence-corrected chi connectivity index (χ3v) is 1.91. The van der Waals surface area contributed by atoms with E-state index in [2.05, 4.69) is 4.98 Å². The zero-order valence-electron chi connectivity index (χ0n) is 7.18. The lowest BCUT2D eigenvalue weighted by Gasteiger charge is -2.05. The minimum absolute atomic E-state index is 0.306. The molecule has 0 amide bonds. The molecule has 0 saturated carbocycles. The van der Waals surface area contributed by atoms with Gasteiger partial charge in [0.25, 0.3) is 6.43 Å². The van der Waals surface area contributed by atoms with Crippen molar-refractivity contribution in [2.24, 2.45) is 0 Å². The second kappa shape index (κ2) is 4.48. The van der Waals surface area contributed by atoms with Gasteiger partial charge in [-0.3, -0.25) is 0 Å². The van der Waals surface area contributed by atoms with Gasteiger partial charge in [-0.1, -0.05) is 0 Å². The lowest BCUT2D eigenvalue weighted by atomic mass is 10.2. The predicted octanol–water partition coefficient (Wildman–Crippen LogP) is 2.60. The molecule has 0 aromatic carbocycles. The van der Waals surface area contributed by atoms with E-state index in [1.54, 1.807) is 0 Å². The first kappa shape index (κ1) is 11.8. The minimum Gasteiger partial charge on any atom is -0.476 e. The molecule has 0 atom stereocenters. The second-order valence-electron chi connectivity index (χ2n) is 2.61. The number of halogens is 4. The number of hydrogen-bond donors (Lipinski definition) is 1. The van der Waals surface area contributed by atoms with Crippen molar-refractivity contribution in [1.29, 1.82) is 0 Å². The number of aromatic nitrogens is 1. The Balaban J connectivity index is 3.38. The van der Waals surface area contributed by atoms with Crippen LogP contribution < -0.4 is 0 Å². The van der Waals surface area contributed by atoms with Crippen LogP contribution in [-0.4, -0.2) is 16.1 Å². The zero-order valence-corrected chi connectivity index (χ0v) is 7.93. The molecule has 7 heteroatoms. The first-order valence-corrected chi connectivity index (χ1v) is 4.27. The molecule has 15 heavy (non-hydrogen) atoms. The van der Waals surface area contributed by atoms with Crippen molar-refractivity contribution in [1.82, 2.24) is 4.98 Å². The Morgan fingerprint density at radius 3 is 2.60 bits per heavy atom. The van der Waals surface area contributed by atoms with Crippen LogP contribution in [0.25, 0.3) is 0 Å². The summed E-state index contributed by atoms with van der Waals surface area (Å²) in [4.78, 5) is 13.5. The highest BCUT2D eigenvalue weighted by atomic mass is 35.5. The van der Waals surface area contributed by atoms with Gasteiger partial charge < -0.3 is 5.11 Å². The Morgan fingerprint density at radius 2 is 2.20 bits per heavy atom. The molecule has 0 radical (unpaired) electrons. The quantitative estimate of drug-likeness (QED) is 0.825. The van der Waals surface area contributed by atoms with Crippen molar-refractivity contribution >= 4 is 17.6 Å². The van der Waals surface area contributed by atoms with E-state index in [1.807, 2.05) is 0 Å². The maximum atomic E-state index is 13.2. The molecule has 1 aromatic heterocycles. The summed E-state index contributed by atoms with van der Waals surface area (Å²) in [7, 11) is 0. The standard InChI is InChI=1S/C8H5ClF3NO2/c9-2-3-1-4(7(11)12)13-6(5(3)10)8(14)15/h1,7H,2H2,(H,14,15). The number of carbonyl (C=O) groups is 1. The summed E-state index contributed by atoms with van der Waals surface area (Å²) >= 11 is 5.28. The van der Waals surface area contributed by atoms with Gasteiger partial charge in [0.15, 0.2) is 11.5 Å². The summed E-state index contributed by atoms with van der Waals surface area (Å²) in [5.41, 5.74) is -2.15. The zero-order chi connectivity index (χ0) is 11.6. The summed E-state index contributed by atoms with van der Waals surface area (Å²) in [5, 5.41) is 8.50. The molecule has 3 nitrogen and oxygen atoms in total. The van der Waals surface area contributed by atoms with Crippen LogP contribution in [0.1, 0.15) is 28.2 Å². The summed E-state index contributed by atoms with van der Waals surface area (Å²) in [6, 6.07) is 0.749. The van der Waals surface area contributed by atoms with E-state index in [9.17, 15) is 18.0 Å². The molecule has 0 unspecified atom stereocenters. The monoisotopic (exact) mass is 239 g/mol. The van der Waals surface area contributed by atoms with Crippen LogP contribution in [0.15, 0.2) is 6.07 Å². The molecule has 0 aliphatic heterocycles. The van der Waals surface area contributed by atoms with Gasteiger partial charge in [0.1, 0.15) is 5.69 Å². The minimum atomic E-state index is -2.97. The van der Waals surface area contributed by atoms with E-state index >= 15 is 0 Å². The van der Waals surface area contributed by atoms with Crippen LogP contribution >= 0.6 is 11.6 Å². The predicted molar refractivity (Wildman–Crippen MR) is 45.7 cm³/mol. The van der Waals surface area contributed by atoms with Crippen LogP contribution in [0.3, 0.4) is 0 Å². The average molecular weight is 240 g/mol. The number of hydrogen-bond acceptors (Lipinski definition) is 2. The average Bonchev–Trinajstić information content (AvgIpc) is 2.17. The van der Waals surface area contributed by atoms with Crippen LogP contribution in [0.5, 0.6) is 0 Å². The molecule has 1 rings (SSSR count). The number of aromatic carboxylic acids is 1. The fourth-order valence-electron chi connectivity index (χ4n) is 0.955. The van der Waals surface area contributed by atoms with Crippen LogP contribution in [-0.2, 0) is 5.88 Å². The topological polar surface area (TPSA) is 50.2 Å². The van der Waals surface area contributed by atoms with Gasteiger partial charge in [-0.2, -0.15) is 0 Å². The largest absolute Gasteiger partial charge is 0.476 e. The molecule has 0 spiro atoms. The molecule has 0 aliphatic carbocycles. The normalized spacial score (nSPS) is 10.7. The van der Waals surface area contributed by atoms with E-state index in [1.165, 1.54) is 0 Å². The van der Waals surface area contributed by atoms with Crippen molar-refractivity contribution in [2.75, 3.05) is 0 Å². The highest BCUT2D eigenvalue weighted by Gasteiger charge is 2.21. The first-order chi connectivity index (χ1) is 6.97. The molecule has 1 aromatic rings. The van der Waals surface area contributed by atoms with Crippen molar-refractivity contribution < 1.29 is 23.1 Å². The lowest BCUT2D eigenvalue weighted by Crippen LogP contribution is -2.09. The van der Waals surface area contributed by atoms with Crippen molar-refractivity contribution in [3.8, 4) is 0 Å². The SMILES string of the molecule is O=C(O)c1nc(C(F)F)cc(CCl)c1F. The number of alkyl halides is 3. The second-order valence-corrected chi connectivity index (χ2v) is 2.88. The van der Waals surface area contributed by atoms with Gasteiger partial charge >= 0.3 is 5.97 Å². The smallest absolute Gasteiger partial charge is 0.357 e. The Hall–Kier alpha value is -1.30. The molecular formula is C8H5ClF3NO2. The Bertz CT molecular complexity index is 398. The summed E-state index contributed by atoms with van der Waals surface area (Å²) in [6.45, 7) is 0. The van der Waals surface area contributed by atoms with Crippen molar-refractivity contribution in [2.45, 2.75) is 12.3 Å². The summed E-state index contributed by atoms with van der Waals surface area (Å²) in [6.07, 6.45) is -2.97. The maximum Gasteiger partial charge on any atom is 0.357 e. The third kappa shape index (κ3) is 2.38. The van der Waals surface area contributed by atoms with Gasteiger partial charge in [0.05, 0.1) is 5.88 Å². The molecule has 0 saturated heterocycles. The molecular weight excluding hydrogens is 235 g/mol. The number of pyridine rings is 1. The van der Waals surface area contributed by atoms with E-state index in [0.29, 0.717) is 0 Å². The van der Waals surface area contributed by atoms with Gasteiger partial charge in [0.2, 0.25) is 0 Å². The van der Waals surface area contributed by atoms with Crippen LogP contribution in [0.2, 0.25) is 0 Å². The number of carboxylic acids is 1. The molecule has 1 N–H and O–H groups in total. The molecule has 1 heterocycles. The fraction of sp³-hybridized carbons (Fsp3) is 0.250. The lowest BCUT2D eigenvalue weighted by molar-refractivity contribution is 0.0682. The van der Waals surface area contributed by atoms with Gasteiger partial charge in [-0.15, -0.1) is 11.6 Å². The third-order valence-electron chi connectivity index (χ3n) is 1.62. The Kier molecular flexibility index (Phi) is 3.52. The van der Waals surface area contributed by atoms with Crippen LogP contribution in [0, 0.1) is 5.82 Å². The molecule has 82 valence electrons. The van der Waals surface area contributed by atoms with Crippen molar-refractivity contribution in [3.63, 3.8) is 0 Å². The number of rotatable bonds is 3. The van der Waals surface area contributed by atoms with E-state index in [0.717, 1.165) is 6.07 Å². The Morgan fingerprint density at radius 1 is 1.60 bits per heavy atom. The first-order valence-electron chi connectivity index (χ1n) is 3.74. The fourth-order valence-corrected chi connectivity index (χ4v) is 1.15. The maximum absolute atomic E-state index is 13.2. The molecule has 0 bridgehead atoms. The molecule has 0 fully saturated rings. The van der Waals surface area contributed by atoms with Crippen molar-refractivity contribution in [3.05, 3.63) is 28.8 Å². The van der Waals surface area contributed by atoms with Gasteiger partial charge in [0, 0.05) is 5.56 Å². The Labute approximate surface area is 87.5 Å². The van der Waals surface area contributed by atoms with Gasteiger partial charge in [-0.25, -0.2) is 22.9 Å². The van der Waals surface area contributed by atoms with E-state index < -0.39 is 35.5 Å². The number of nitrogens with zero attached hydrogens (tertiary/aromatic N) is 1. The highest BCUT2D eigenvalue weighted by molar-refractivity contribution is 6.17. The van der Waals surface area contributed by atoms with Gasteiger partial charge in [-0.05, 0) is 6.07 Å². The van der Waals surface area contributed by atoms with Crippen LogP contribution in [0.4, 0.5) is 13.2 Å². The number of carboxylic acid groups (broad SMARTS) is 1. The summed E-state index contributed by atoms with van der Waals surface area (Å²) < 4.78 is 37.7. The van der Waals surface area contributed by atoms with E-state index in [4.69, 9.17) is 16.7 Å². The summed E-state index contributed by atoms with van der Waals surface area (Å²) in [5.74, 6) is -3.28. The highest BCUT2D eigenvalue weighted by Crippen LogP contribution is 2.22.